The second-order valence-corrected chi connectivity index (χ2v) is 11.1. The molecule has 190 valence electrons. The van der Waals surface area contributed by atoms with E-state index in [4.69, 9.17) is 4.42 Å². The van der Waals surface area contributed by atoms with E-state index in [-0.39, 0.29) is 54.4 Å². The van der Waals surface area contributed by atoms with Crippen LogP contribution in [0.3, 0.4) is 0 Å². The number of rotatable bonds is 6. The molecule has 1 saturated heterocycles. The van der Waals surface area contributed by atoms with Crippen LogP contribution in [0.4, 0.5) is 13.2 Å². The first-order chi connectivity index (χ1) is 16.9. The van der Waals surface area contributed by atoms with E-state index in [1.54, 1.807) is 19.1 Å². The van der Waals surface area contributed by atoms with Crippen molar-refractivity contribution in [3.8, 4) is 11.1 Å². The van der Waals surface area contributed by atoms with Crippen molar-refractivity contribution < 1.29 is 30.8 Å². The minimum atomic E-state index is -3.73. The van der Waals surface area contributed by atoms with Crippen molar-refractivity contribution in [2.75, 3.05) is 19.3 Å². The van der Waals surface area contributed by atoms with Gasteiger partial charge in [-0.25, -0.2) is 21.6 Å². The van der Waals surface area contributed by atoms with Gasteiger partial charge >= 0.3 is 0 Å². The summed E-state index contributed by atoms with van der Waals surface area (Å²) in [5.41, 5.74) is -3.75. The highest BCUT2D eigenvalue weighted by molar-refractivity contribution is 7.88. The number of hydrogen-bond acceptors (Lipinski definition) is 6. The largest absolute Gasteiger partial charge is 0.423 e. The number of carbonyl (C=O) groups excluding carboxylic acids is 1. The summed E-state index contributed by atoms with van der Waals surface area (Å²) in [5.74, 6) is -3.04. The van der Waals surface area contributed by atoms with Crippen molar-refractivity contribution in [3.05, 3.63) is 71.4 Å². The lowest BCUT2D eigenvalue weighted by molar-refractivity contribution is -0.132. The molecule has 36 heavy (non-hydrogen) atoms. The summed E-state index contributed by atoms with van der Waals surface area (Å²) >= 11 is 0. The molecule has 1 N–H and O–H groups in total. The molecule has 1 aromatic heterocycles. The summed E-state index contributed by atoms with van der Waals surface area (Å²) in [4.78, 5) is 14.7. The Labute approximate surface area is 205 Å². The number of carbonyl (C=O) groups is 1. The second kappa shape index (κ2) is 8.41. The molecule has 12 heteroatoms. The minimum absolute atomic E-state index is 0.0170. The first kappa shape index (κ1) is 24.4. The van der Waals surface area contributed by atoms with E-state index in [2.05, 4.69) is 14.9 Å². The molecule has 2 heterocycles. The Hall–Kier alpha value is -3.25. The van der Waals surface area contributed by atoms with Gasteiger partial charge in [-0.15, -0.1) is 10.2 Å². The average Bonchev–Trinajstić information content (AvgIpc) is 3.10. The lowest BCUT2D eigenvalue weighted by atomic mass is 9.93. The van der Waals surface area contributed by atoms with Crippen molar-refractivity contribution >= 4 is 15.9 Å². The molecular weight excluding hydrogens is 497 g/mol. The summed E-state index contributed by atoms with van der Waals surface area (Å²) in [6.07, 6.45) is 0.965. The van der Waals surface area contributed by atoms with Gasteiger partial charge < -0.3 is 9.32 Å². The second-order valence-electron chi connectivity index (χ2n) is 9.35. The highest BCUT2D eigenvalue weighted by Gasteiger charge is 2.63. The topological polar surface area (TPSA) is 105 Å². The zero-order chi connectivity index (χ0) is 25.9. The molecule has 2 fully saturated rings. The number of halogens is 3. The normalized spacial score (nSPS) is 25.8. The van der Waals surface area contributed by atoms with Crippen LogP contribution in [0.1, 0.15) is 30.2 Å². The van der Waals surface area contributed by atoms with Gasteiger partial charge in [-0.2, -0.15) is 4.72 Å². The number of benzene rings is 2. The Morgan fingerprint density at radius 1 is 1.14 bits per heavy atom. The van der Waals surface area contributed by atoms with Crippen molar-refractivity contribution in [2.24, 2.45) is 5.92 Å². The first-order valence-corrected chi connectivity index (χ1v) is 13.1. The predicted octanol–water partition coefficient (Wildman–Crippen LogP) is 3.18. The fourth-order valence-electron chi connectivity index (χ4n) is 5.00. The van der Waals surface area contributed by atoms with Gasteiger partial charge in [0.1, 0.15) is 22.8 Å². The maximum absolute atomic E-state index is 16.2. The Morgan fingerprint density at radius 2 is 1.83 bits per heavy atom. The van der Waals surface area contributed by atoms with Gasteiger partial charge in [0.2, 0.25) is 27.7 Å². The van der Waals surface area contributed by atoms with Gasteiger partial charge in [-0.3, -0.25) is 4.79 Å². The minimum Gasteiger partial charge on any atom is -0.423 e. The molecule has 8 nitrogen and oxygen atoms in total. The fourth-order valence-corrected chi connectivity index (χ4v) is 5.97. The van der Waals surface area contributed by atoms with Gasteiger partial charge in [-0.05, 0) is 29.7 Å². The number of likely N-dealkylation sites (tertiary alicyclic amines) is 1. The van der Waals surface area contributed by atoms with E-state index in [1.165, 1.54) is 23.1 Å². The molecule has 2 aromatic carbocycles. The number of nitrogens with one attached hydrogen (secondary N) is 1. The van der Waals surface area contributed by atoms with Gasteiger partial charge in [0.05, 0.1) is 17.7 Å². The third-order valence-electron chi connectivity index (χ3n) is 6.70. The Balaban J connectivity index is 1.43. The SMILES string of the molecule is Cc1nnc([C@@]2(NS(C)(=O)=O)CCN(C(=O)[C@@H]3C[C@@]3(F)c3ccccc3-c3c(F)cccc3F)C2)o1. The smallest absolute Gasteiger partial charge is 0.239 e. The lowest BCUT2D eigenvalue weighted by Gasteiger charge is -2.26. The van der Waals surface area contributed by atoms with Crippen LogP contribution >= 0.6 is 0 Å². The highest BCUT2D eigenvalue weighted by atomic mass is 32.2. The summed E-state index contributed by atoms with van der Waals surface area (Å²) in [5, 5.41) is 7.71. The molecule has 0 bridgehead atoms. The number of amides is 1. The Bertz CT molecular complexity index is 1440. The molecule has 0 unspecified atom stereocenters. The molecule has 1 aliphatic carbocycles. The van der Waals surface area contributed by atoms with Crippen LogP contribution in [0.25, 0.3) is 11.1 Å². The Kier molecular flexibility index (Phi) is 5.71. The number of alkyl halides is 1. The van der Waals surface area contributed by atoms with Gasteiger partial charge in [0.25, 0.3) is 0 Å². The van der Waals surface area contributed by atoms with Crippen LogP contribution in [0.2, 0.25) is 0 Å². The van der Waals surface area contributed by atoms with Crippen molar-refractivity contribution in [2.45, 2.75) is 31.0 Å². The maximum Gasteiger partial charge on any atom is 0.239 e. The van der Waals surface area contributed by atoms with Crippen LogP contribution < -0.4 is 4.72 Å². The molecule has 3 atom stereocenters. The van der Waals surface area contributed by atoms with E-state index in [0.717, 1.165) is 18.4 Å². The predicted molar refractivity (Wildman–Crippen MR) is 123 cm³/mol. The molecular formula is C24H23F3N4O4S. The monoisotopic (exact) mass is 520 g/mol. The van der Waals surface area contributed by atoms with Crippen molar-refractivity contribution in [1.29, 1.82) is 0 Å². The molecule has 1 amide bonds. The number of aryl methyl sites for hydroxylation is 1. The Morgan fingerprint density at radius 3 is 2.47 bits per heavy atom. The molecule has 0 radical (unpaired) electrons. The van der Waals surface area contributed by atoms with E-state index < -0.39 is 44.7 Å². The van der Waals surface area contributed by atoms with Gasteiger partial charge in [-0.1, -0.05) is 30.3 Å². The van der Waals surface area contributed by atoms with Crippen LogP contribution in [-0.2, 0) is 26.0 Å². The zero-order valence-corrected chi connectivity index (χ0v) is 20.3. The van der Waals surface area contributed by atoms with Crippen LogP contribution in [0.15, 0.2) is 46.9 Å². The molecule has 0 spiro atoms. The summed E-state index contributed by atoms with van der Waals surface area (Å²) in [7, 11) is -3.73. The molecule has 2 aliphatic rings. The lowest BCUT2D eigenvalue weighted by Crippen LogP contribution is -2.48. The number of hydrogen-bond donors (Lipinski definition) is 1. The number of sulfonamides is 1. The van der Waals surface area contributed by atoms with E-state index >= 15 is 4.39 Å². The van der Waals surface area contributed by atoms with Gasteiger partial charge in [0.15, 0.2) is 0 Å². The zero-order valence-electron chi connectivity index (χ0n) is 19.5. The first-order valence-electron chi connectivity index (χ1n) is 11.2. The maximum atomic E-state index is 16.2. The molecule has 1 saturated carbocycles. The van der Waals surface area contributed by atoms with Crippen LogP contribution in [0.5, 0.6) is 0 Å². The molecule has 3 aromatic rings. The van der Waals surface area contributed by atoms with Gasteiger partial charge in [0, 0.05) is 26.4 Å². The summed E-state index contributed by atoms with van der Waals surface area (Å²) in [6.45, 7) is 1.55. The van der Waals surface area contributed by atoms with Crippen LogP contribution in [0, 0.1) is 24.5 Å². The van der Waals surface area contributed by atoms with Crippen LogP contribution in [-0.4, -0.2) is 48.8 Å². The fraction of sp³-hybridized carbons (Fsp3) is 0.375. The highest BCUT2D eigenvalue weighted by Crippen LogP contribution is 2.59. The standard InChI is InChI=1S/C24H23F3N4O4S/c1-14-28-29-22(35-14)23(30-36(2,33)34)10-11-31(13-23)21(32)17-12-24(17,27)16-7-4-3-6-15(16)20-18(25)8-5-9-19(20)26/h3-9,17,30H,10-13H2,1-2H3/t17-,23+,24+/m0/s1. The quantitative estimate of drug-likeness (QED) is 0.535. The van der Waals surface area contributed by atoms with E-state index in [0.29, 0.717) is 0 Å². The average molecular weight is 521 g/mol. The van der Waals surface area contributed by atoms with E-state index in [9.17, 15) is 22.0 Å². The molecule has 5 rings (SSSR count). The summed E-state index contributed by atoms with van der Waals surface area (Å²) < 4.78 is 77.3. The summed E-state index contributed by atoms with van der Waals surface area (Å²) in [6, 6.07) is 9.35. The number of nitrogens with zero attached hydrogens (tertiary/aromatic N) is 3. The van der Waals surface area contributed by atoms with Crippen molar-refractivity contribution in [1.82, 2.24) is 19.8 Å². The van der Waals surface area contributed by atoms with Crippen molar-refractivity contribution in [3.63, 3.8) is 0 Å². The molecule has 1 aliphatic heterocycles. The third kappa shape index (κ3) is 4.17. The van der Waals surface area contributed by atoms with E-state index in [1.807, 2.05) is 0 Å². The third-order valence-corrected chi connectivity index (χ3v) is 7.46. The number of aromatic nitrogens is 2.